The fourth-order valence-electron chi connectivity index (χ4n) is 3.02. The van der Waals surface area contributed by atoms with Gasteiger partial charge in [-0.1, -0.05) is 32.9 Å². The van der Waals surface area contributed by atoms with Gasteiger partial charge in [0, 0.05) is 0 Å². The van der Waals surface area contributed by atoms with Gasteiger partial charge in [-0.15, -0.1) is 0 Å². The van der Waals surface area contributed by atoms with E-state index in [1.807, 2.05) is 0 Å². The Morgan fingerprint density at radius 1 is 1.06 bits per heavy atom. The van der Waals surface area contributed by atoms with Gasteiger partial charge in [0.05, 0.1) is 6.10 Å². The predicted molar refractivity (Wildman–Crippen MR) is 67.8 cm³/mol. The van der Waals surface area contributed by atoms with Crippen LogP contribution in [0.4, 0.5) is 0 Å². The van der Waals surface area contributed by atoms with Gasteiger partial charge in [-0.3, -0.25) is 0 Å². The molecule has 1 nitrogen and oxygen atoms in total. The van der Waals surface area contributed by atoms with Crippen LogP contribution in [0, 0.1) is 0 Å². The molecule has 1 aliphatic rings. The van der Waals surface area contributed by atoms with Crippen molar-refractivity contribution >= 4 is 0 Å². The molecule has 0 bridgehead atoms. The fraction of sp³-hybridized carbons (Fsp3) is 0.600. The van der Waals surface area contributed by atoms with Gasteiger partial charge in [0.1, 0.15) is 0 Å². The molecule has 0 fully saturated rings. The number of aliphatic hydroxyl groups is 1. The predicted octanol–water partition coefficient (Wildman–Crippen LogP) is 3.74. The molecule has 0 saturated carbocycles. The van der Waals surface area contributed by atoms with Crippen molar-refractivity contribution in [1.82, 2.24) is 0 Å². The largest absolute Gasteiger partial charge is 0.388 e. The zero-order chi connectivity index (χ0) is 11.7. The summed E-state index contributed by atoms with van der Waals surface area (Å²) in [4.78, 5) is 0. The van der Waals surface area contributed by atoms with E-state index >= 15 is 0 Å². The van der Waals surface area contributed by atoms with Gasteiger partial charge < -0.3 is 5.11 Å². The van der Waals surface area contributed by atoms with E-state index in [0.717, 1.165) is 25.7 Å². The number of rotatable bonds is 2. The summed E-state index contributed by atoms with van der Waals surface area (Å²) >= 11 is 0. The van der Waals surface area contributed by atoms with Crippen LogP contribution >= 0.6 is 0 Å². The topological polar surface area (TPSA) is 20.2 Å². The number of fused-ring (bicyclic) bond motifs is 1. The van der Waals surface area contributed by atoms with Gasteiger partial charge in [0.25, 0.3) is 0 Å². The van der Waals surface area contributed by atoms with Gasteiger partial charge in [-0.05, 0) is 53.9 Å². The average molecular weight is 218 g/mol. The molecule has 1 heteroatoms. The van der Waals surface area contributed by atoms with E-state index in [9.17, 15) is 5.11 Å². The van der Waals surface area contributed by atoms with Crippen molar-refractivity contribution in [2.75, 3.05) is 0 Å². The van der Waals surface area contributed by atoms with Crippen LogP contribution in [0.1, 0.15) is 67.9 Å². The van der Waals surface area contributed by atoms with Crippen molar-refractivity contribution in [3.05, 3.63) is 34.4 Å². The lowest BCUT2D eigenvalue weighted by Gasteiger charge is -2.31. The van der Waals surface area contributed by atoms with E-state index in [4.69, 9.17) is 0 Å². The average Bonchev–Trinajstić information content (AvgIpc) is 2.32. The smallest absolute Gasteiger partial charge is 0.0795 e. The number of aryl methyl sites for hydroxylation is 2. The minimum atomic E-state index is -0.229. The third kappa shape index (κ3) is 1.78. The number of benzene rings is 1. The third-order valence-electron chi connectivity index (χ3n) is 3.93. The summed E-state index contributed by atoms with van der Waals surface area (Å²) in [7, 11) is 0. The van der Waals surface area contributed by atoms with E-state index in [2.05, 4.69) is 32.9 Å². The highest BCUT2D eigenvalue weighted by molar-refractivity contribution is 5.46. The van der Waals surface area contributed by atoms with Crippen LogP contribution < -0.4 is 0 Å². The lowest BCUT2D eigenvalue weighted by Crippen LogP contribution is -2.17. The molecule has 2 unspecified atom stereocenters. The Balaban J connectivity index is 2.63. The van der Waals surface area contributed by atoms with Crippen LogP contribution in [0.15, 0.2) is 12.1 Å². The van der Waals surface area contributed by atoms with E-state index in [0.29, 0.717) is 5.92 Å². The Kier molecular flexibility index (Phi) is 3.34. The normalized spacial score (nSPS) is 24.2. The van der Waals surface area contributed by atoms with Crippen LogP contribution in [0.25, 0.3) is 0 Å². The van der Waals surface area contributed by atoms with Gasteiger partial charge in [0.15, 0.2) is 0 Å². The molecule has 1 aromatic rings. The minimum absolute atomic E-state index is 0.229. The Morgan fingerprint density at radius 3 is 2.19 bits per heavy atom. The van der Waals surface area contributed by atoms with Crippen LogP contribution in [0.2, 0.25) is 0 Å². The Hall–Kier alpha value is -0.820. The highest BCUT2D eigenvalue weighted by Gasteiger charge is 2.27. The maximum absolute atomic E-state index is 10.2. The summed E-state index contributed by atoms with van der Waals surface area (Å²) in [5.41, 5.74) is 5.46. The molecule has 2 atom stereocenters. The van der Waals surface area contributed by atoms with Crippen LogP contribution in [0.5, 0.6) is 0 Å². The first-order valence-corrected chi connectivity index (χ1v) is 6.51. The van der Waals surface area contributed by atoms with Crippen LogP contribution in [-0.4, -0.2) is 5.11 Å². The Labute approximate surface area is 98.5 Å². The molecule has 88 valence electrons. The molecular formula is C15H22O. The van der Waals surface area contributed by atoms with E-state index in [-0.39, 0.29) is 6.10 Å². The van der Waals surface area contributed by atoms with Gasteiger partial charge in [0.2, 0.25) is 0 Å². The molecule has 0 aliphatic heterocycles. The molecule has 0 saturated heterocycles. The summed E-state index contributed by atoms with van der Waals surface area (Å²) < 4.78 is 0. The molecule has 2 rings (SSSR count). The summed E-state index contributed by atoms with van der Waals surface area (Å²) in [6.45, 7) is 6.67. The summed E-state index contributed by atoms with van der Waals surface area (Å²) in [6.07, 6.45) is 3.91. The molecule has 16 heavy (non-hydrogen) atoms. The van der Waals surface area contributed by atoms with Crippen molar-refractivity contribution in [2.45, 2.75) is 58.5 Å². The Morgan fingerprint density at radius 2 is 1.62 bits per heavy atom. The second-order valence-corrected chi connectivity index (χ2v) is 4.91. The lowest BCUT2D eigenvalue weighted by molar-refractivity contribution is 0.150. The van der Waals surface area contributed by atoms with Crippen molar-refractivity contribution in [1.29, 1.82) is 0 Å². The van der Waals surface area contributed by atoms with Crippen LogP contribution in [0.3, 0.4) is 0 Å². The van der Waals surface area contributed by atoms with Gasteiger partial charge >= 0.3 is 0 Å². The molecule has 1 N–H and O–H groups in total. The molecule has 0 amide bonds. The van der Waals surface area contributed by atoms with Crippen molar-refractivity contribution < 1.29 is 5.11 Å². The zero-order valence-electron chi connectivity index (χ0n) is 10.6. The number of hydrogen-bond donors (Lipinski definition) is 1. The van der Waals surface area contributed by atoms with Crippen molar-refractivity contribution in [2.24, 2.45) is 0 Å². The maximum atomic E-state index is 10.2. The zero-order valence-corrected chi connectivity index (χ0v) is 10.6. The molecule has 0 heterocycles. The minimum Gasteiger partial charge on any atom is -0.388 e. The van der Waals surface area contributed by atoms with Crippen molar-refractivity contribution in [3.8, 4) is 0 Å². The molecule has 1 aromatic carbocycles. The fourth-order valence-corrected chi connectivity index (χ4v) is 3.02. The SMILES string of the molecule is CCc1ccc(CC)c2c1C(C)CCC2O. The highest BCUT2D eigenvalue weighted by Crippen LogP contribution is 2.41. The Bertz CT molecular complexity index is 344. The molecular weight excluding hydrogens is 196 g/mol. The first-order valence-electron chi connectivity index (χ1n) is 6.51. The van der Waals surface area contributed by atoms with Crippen LogP contribution in [-0.2, 0) is 12.8 Å². The lowest BCUT2D eigenvalue weighted by atomic mass is 9.77. The molecule has 0 spiro atoms. The van der Waals surface area contributed by atoms with Crippen molar-refractivity contribution in [3.63, 3.8) is 0 Å². The van der Waals surface area contributed by atoms with Gasteiger partial charge in [-0.25, -0.2) is 0 Å². The van der Waals surface area contributed by atoms with E-state index < -0.39 is 0 Å². The number of aliphatic hydroxyl groups excluding tert-OH is 1. The second-order valence-electron chi connectivity index (χ2n) is 4.91. The summed E-state index contributed by atoms with van der Waals surface area (Å²) in [5, 5.41) is 10.2. The van der Waals surface area contributed by atoms with E-state index in [1.165, 1.54) is 22.3 Å². The molecule has 1 aliphatic carbocycles. The number of hydrogen-bond acceptors (Lipinski definition) is 1. The third-order valence-corrected chi connectivity index (χ3v) is 3.93. The standard InChI is InChI=1S/C15H22O/c1-4-11-7-8-12(5-2)15-13(16)9-6-10(3)14(11)15/h7-8,10,13,16H,4-6,9H2,1-3H3. The van der Waals surface area contributed by atoms with E-state index in [1.54, 1.807) is 0 Å². The maximum Gasteiger partial charge on any atom is 0.0795 e. The van der Waals surface area contributed by atoms with Gasteiger partial charge in [-0.2, -0.15) is 0 Å². The monoisotopic (exact) mass is 218 g/mol. The second kappa shape index (κ2) is 4.58. The first-order chi connectivity index (χ1) is 7.69. The first kappa shape index (κ1) is 11.7. The summed E-state index contributed by atoms with van der Waals surface area (Å²) in [6, 6.07) is 4.46. The summed E-state index contributed by atoms with van der Waals surface area (Å²) in [5.74, 6) is 0.611. The molecule has 0 radical (unpaired) electrons. The quantitative estimate of drug-likeness (QED) is 0.801. The highest BCUT2D eigenvalue weighted by atomic mass is 16.3. The molecule has 0 aromatic heterocycles.